The number of aromatic nitrogens is 2. The normalized spacial score (nSPS) is 10.6. The summed E-state index contributed by atoms with van der Waals surface area (Å²) in [7, 11) is 1.57. The third-order valence-electron chi connectivity index (χ3n) is 4.62. The predicted octanol–water partition coefficient (Wildman–Crippen LogP) is 5.46. The van der Waals surface area contributed by atoms with E-state index in [1.807, 2.05) is 18.2 Å². The van der Waals surface area contributed by atoms with Crippen LogP contribution in [-0.4, -0.2) is 22.2 Å². The van der Waals surface area contributed by atoms with Crippen molar-refractivity contribution >= 4 is 17.5 Å². The van der Waals surface area contributed by atoms with Gasteiger partial charge < -0.3 is 25.1 Å². The minimum absolute atomic E-state index is 0.0461. The van der Waals surface area contributed by atoms with E-state index in [2.05, 4.69) is 9.97 Å². The van der Waals surface area contributed by atoms with Gasteiger partial charge in [-0.25, -0.2) is 9.97 Å². The van der Waals surface area contributed by atoms with Crippen molar-refractivity contribution in [2.45, 2.75) is 6.61 Å². The molecule has 0 unspecified atom stereocenters. The second-order valence-corrected chi connectivity index (χ2v) is 7.19. The van der Waals surface area contributed by atoms with Gasteiger partial charge in [0.05, 0.1) is 13.3 Å². The summed E-state index contributed by atoms with van der Waals surface area (Å²) < 4.78 is 16.9. The molecule has 3 N–H and O–H groups in total. The van der Waals surface area contributed by atoms with Crippen LogP contribution in [0.2, 0.25) is 5.02 Å². The lowest BCUT2D eigenvalue weighted by Crippen LogP contribution is -2.00. The van der Waals surface area contributed by atoms with Gasteiger partial charge in [0.2, 0.25) is 5.95 Å². The molecule has 4 aromatic rings. The average Bonchev–Trinajstić information content (AvgIpc) is 2.80. The number of nitrogens with zero attached hydrogens (tertiary/aromatic N) is 2. The van der Waals surface area contributed by atoms with Gasteiger partial charge in [0.1, 0.15) is 35.3 Å². The predicted molar refractivity (Wildman–Crippen MR) is 122 cm³/mol. The van der Waals surface area contributed by atoms with Crippen molar-refractivity contribution in [1.82, 2.24) is 9.97 Å². The van der Waals surface area contributed by atoms with Crippen molar-refractivity contribution in [2.75, 3.05) is 12.8 Å². The Morgan fingerprint density at radius 3 is 2.56 bits per heavy atom. The fourth-order valence-corrected chi connectivity index (χ4v) is 3.21. The lowest BCUT2D eigenvalue weighted by atomic mass is 10.1. The van der Waals surface area contributed by atoms with E-state index < -0.39 is 0 Å². The standard InChI is InChI=1S/C24H20ClN3O4/c1-30-16-6-4-7-18(11-16)32-22-13-27-24(26)28-23(22)19-10-9-17(12-21(19)29)31-14-15-5-2-3-8-20(15)25/h2-13,29H,14H2,1H3,(H2,26,27,28). The number of methoxy groups -OCH3 is 1. The zero-order valence-electron chi connectivity index (χ0n) is 17.2. The van der Waals surface area contributed by atoms with Crippen LogP contribution in [0.25, 0.3) is 11.3 Å². The molecule has 0 atom stereocenters. The maximum Gasteiger partial charge on any atom is 0.220 e. The quantitative estimate of drug-likeness (QED) is 0.386. The monoisotopic (exact) mass is 449 g/mol. The summed E-state index contributed by atoms with van der Waals surface area (Å²) in [4.78, 5) is 8.28. The number of aromatic hydroxyl groups is 1. The number of phenols is 1. The maximum absolute atomic E-state index is 10.7. The number of hydrogen-bond donors (Lipinski definition) is 2. The van der Waals surface area contributed by atoms with E-state index in [1.54, 1.807) is 49.6 Å². The first kappa shape index (κ1) is 21.3. The number of benzene rings is 3. The summed E-state index contributed by atoms with van der Waals surface area (Å²) >= 11 is 6.17. The molecule has 1 heterocycles. The Hall–Kier alpha value is -3.97. The molecule has 0 aliphatic heterocycles. The second kappa shape index (κ2) is 9.45. The van der Waals surface area contributed by atoms with Crippen LogP contribution in [0, 0.1) is 0 Å². The van der Waals surface area contributed by atoms with Gasteiger partial charge in [-0.15, -0.1) is 0 Å². The van der Waals surface area contributed by atoms with E-state index in [1.165, 1.54) is 12.3 Å². The summed E-state index contributed by atoms with van der Waals surface area (Å²) in [6.07, 6.45) is 1.46. The SMILES string of the molecule is COc1cccc(Oc2cnc(N)nc2-c2ccc(OCc3ccccc3Cl)cc2O)c1. The van der Waals surface area contributed by atoms with Crippen LogP contribution in [0.15, 0.2) is 72.9 Å². The molecule has 4 rings (SSSR count). The molecule has 0 bridgehead atoms. The first-order chi connectivity index (χ1) is 15.5. The topological polar surface area (TPSA) is 99.7 Å². The number of anilines is 1. The van der Waals surface area contributed by atoms with E-state index in [-0.39, 0.29) is 18.3 Å². The van der Waals surface area contributed by atoms with Gasteiger partial charge in [0, 0.05) is 28.3 Å². The second-order valence-electron chi connectivity index (χ2n) is 6.78. The van der Waals surface area contributed by atoms with Crippen LogP contribution in [0.5, 0.6) is 28.7 Å². The van der Waals surface area contributed by atoms with Crippen LogP contribution in [0.3, 0.4) is 0 Å². The van der Waals surface area contributed by atoms with Gasteiger partial charge in [0.15, 0.2) is 5.75 Å². The lowest BCUT2D eigenvalue weighted by molar-refractivity contribution is 0.304. The van der Waals surface area contributed by atoms with E-state index in [0.29, 0.717) is 39.3 Å². The van der Waals surface area contributed by atoms with Gasteiger partial charge in [-0.05, 0) is 30.3 Å². The number of halogens is 1. The van der Waals surface area contributed by atoms with Gasteiger partial charge in [-0.2, -0.15) is 0 Å². The van der Waals surface area contributed by atoms with Gasteiger partial charge in [-0.3, -0.25) is 0 Å². The van der Waals surface area contributed by atoms with Crippen molar-refractivity contribution in [3.05, 3.63) is 83.5 Å². The smallest absolute Gasteiger partial charge is 0.220 e. The highest BCUT2D eigenvalue weighted by molar-refractivity contribution is 6.31. The molecule has 0 aliphatic carbocycles. The van der Waals surface area contributed by atoms with Crippen molar-refractivity contribution in [2.24, 2.45) is 0 Å². The van der Waals surface area contributed by atoms with Crippen molar-refractivity contribution < 1.29 is 19.3 Å². The molecular formula is C24H20ClN3O4. The summed E-state index contributed by atoms with van der Waals surface area (Å²) in [6.45, 7) is 0.267. The van der Waals surface area contributed by atoms with Crippen LogP contribution in [0.1, 0.15) is 5.56 Å². The molecular weight excluding hydrogens is 430 g/mol. The molecule has 32 heavy (non-hydrogen) atoms. The Morgan fingerprint density at radius 1 is 0.969 bits per heavy atom. The fourth-order valence-electron chi connectivity index (χ4n) is 3.02. The highest BCUT2D eigenvalue weighted by Gasteiger charge is 2.16. The fraction of sp³-hybridized carbons (Fsp3) is 0.0833. The molecule has 162 valence electrons. The lowest BCUT2D eigenvalue weighted by Gasteiger charge is -2.13. The molecule has 0 fully saturated rings. The molecule has 8 heteroatoms. The van der Waals surface area contributed by atoms with E-state index >= 15 is 0 Å². The molecule has 0 radical (unpaired) electrons. The van der Waals surface area contributed by atoms with Crippen LogP contribution >= 0.6 is 11.6 Å². The van der Waals surface area contributed by atoms with Crippen molar-refractivity contribution in [3.8, 4) is 40.0 Å². The summed E-state index contributed by atoms with van der Waals surface area (Å²) in [6, 6.07) is 19.4. The first-order valence-electron chi connectivity index (χ1n) is 9.67. The van der Waals surface area contributed by atoms with Gasteiger partial charge in [0.25, 0.3) is 0 Å². The van der Waals surface area contributed by atoms with Gasteiger partial charge >= 0.3 is 0 Å². The molecule has 3 aromatic carbocycles. The Labute approximate surface area is 190 Å². The zero-order valence-corrected chi connectivity index (χ0v) is 17.9. The van der Waals surface area contributed by atoms with E-state index in [0.717, 1.165) is 5.56 Å². The summed E-state index contributed by atoms with van der Waals surface area (Å²) in [5, 5.41) is 11.3. The molecule has 1 aromatic heterocycles. The molecule has 0 spiro atoms. The molecule has 0 saturated carbocycles. The number of phenolic OH excluding ortho intramolecular Hbond substituents is 1. The molecule has 0 amide bonds. The third kappa shape index (κ3) is 4.84. The van der Waals surface area contributed by atoms with Crippen molar-refractivity contribution in [3.63, 3.8) is 0 Å². The maximum atomic E-state index is 10.7. The van der Waals surface area contributed by atoms with Crippen molar-refractivity contribution in [1.29, 1.82) is 0 Å². The number of hydrogen-bond acceptors (Lipinski definition) is 7. The Morgan fingerprint density at radius 2 is 1.78 bits per heavy atom. The summed E-state index contributed by atoms with van der Waals surface area (Å²) in [5.41, 5.74) is 7.40. The minimum atomic E-state index is -0.0461. The molecule has 7 nitrogen and oxygen atoms in total. The number of nitrogen functional groups attached to an aromatic ring is 1. The summed E-state index contributed by atoms with van der Waals surface area (Å²) in [5.74, 6) is 1.98. The Kier molecular flexibility index (Phi) is 6.28. The van der Waals surface area contributed by atoms with Gasteiger partial charge in [-0.1, -0.05) is 35.9 Å². The Balaban J connectivity index is 1.60. The molecule has 0 saturated heterocycles. The number of ether oxygens (including phenoxy) is 3. The van der Waals surface area contributed by atoms with Crippen LogP contribution in [0.4, 0.5) is 5.95 Å². The number of rotatable bonds is 7. The highest BCUT2D eigenvalue weighted by Crippen LogP contribution is 2.38. The van der Waals surface area contributed by atoms with E-state index in [9.17, 15) is 5.11 Å². The van der Waals surface area contributed by atoms with Crippen LogP contribution in [-0.2, 0) is 6.61 Å². The minimum Gasteiger partial charge on any atom is -0.507 e. The largest absolute Gasteiger partial charge is 0.507 e. The average molecular weight is 450 g/mol. The number of nitrogens with two attached hydrogens (primary N) is 1. The highest BCUT2D eigenvalue weighted by atomic mass is 35.5. The van der Waals surface area contributed by atoms with E-state index in [4.69, 9.17) is 31.5 Å². The first-order valence-corrected chi connectivity index (χ1v) is 10.1. The van der Waals surface area contributed by atoms with Crippen LogP contribution < -0.4 is 19.9 Å². The zero-order chi connectivity index (χ0) is 22.5. The molecule has 0 aliphatic rings. The Bertz CT molecular complexity index is 1250. The third-order valence-corrected chi connectivity index (χ3v) is 4.99.